The van der Waals surface area contributed by atoms with Crippen LogP contribution in [0.25, 0.3) is 20.4 Å². The van der Waals surface area contributed by atoms with E-state index in [4.69, 9.17) is 9.72 Å². The first-order valence-electron chi connectivity index (χ1n) is 10.0. The van der Waals surface area contributed by atoms with Crippen LogP contribution in [0.5, 0.6) is 0 Å². The highest BCUT2D eigenvalue weighted by Gasteiger charge is 2.22. The summed E-state index contributed by atoms with van der Waals surface area (Å²) in [4.78, 5) is 26.0. The molecule has 0 unspecified atom stereocenters. The Kier molecular flexibility index (Phi) is 5.72. The van der Waals surface area contributed by atoms with Crippen molar-refractivity contribution in [2.24, 2.45) is 0 Å². The number of benzene rings is 2. The minimum Gasteiger partial charge on any atom is -0.364 e. The lowest BCUT2D eigenvalue weighted by molar-refractivity contribution is -0.138. The van der Waals surface area contributed by atoms with Crippen molar-refractivity contribution in [2.45, 2.75) is 13.2 Å². The first-order chi connectivity index (χ1) is 14.7. The summed E-state index contributed by atoms with van der Waals surface area (Å²) in [5.41, 5.74) is 2.05. The number of hydrogen-bond acceptors (Lipinski definition) is 7. The summed E-state index contributed by atoms with van der Waals surface area (Å²) in [6.45, 7) is 4.51. The summed E-state index contributed by atoms with van der Waals surface area (Å²) < 4.78 is 8.03. The Bertz CT molecular complexity index is 1100. The zero-order valence-electron chi connectivity index (χ0n) is 16.5. The van der Waals surface area contributed by atoms with E-state index in [1.807, 2.05) is 35.2 Å². The number of rotatable bonds is 6. The average Bonchev–Trinajstić information content (AvgIpc) is 3.37. The molecule has 0 spiro atoms. The van der Waals surface area contributed by atoms with Gasteiger partial charge in [0.05, 0.1) is 33.6 Å². The Balaban J connectivity index is 1.08. The van der Waals surface area contributed by atoms with E-state index >= 15 is 0 Å². The van der Waals surface area contributed by atoms with Gasteiger partial charge < -0.3 is 9.64 Å². The number of hydrogen-bond donors (Lipinski definition) is 0. The molecule has 3 heterocycles. The van der Waals surface area contributed by atoms with E-state index in [1.165, 1.54) is 4.70 Å². The van der Waals surface area contributed by atoms with Gasteiger partial charge in [0.1, 0.15) is 16.6 Å². The maximum atomic E-state index is 12.5. The summed E-state index contributed by atoms with van der Waals surface area (Å²) in [7, 11) is 0. The van der Waals surface area contributed by atoms with Crippen LogP contribution in [-0.4, -0.2) is 58.5 Å². The lowest BCUT2D eigenvalue weighted by Crippen LogP contribution is -2.49. The molecule has 2 aromatic heterocycles. The first-order valence-corrected chi connectivity index (χ1v) is 11.6. The van der Waals surface area contributed by atoms with Gasteiger partial charge in [0.25, 0.3) is 0 Å². The summed E-state index contributed by atoms with van der Waals surface area (Å²) in [5, 5.41) is 2.04. The van der Waals surface area contributed by atoms with Gasteiger partial charge in [-0.2, -0.15) is 0 Å². The van der Waals surface area contributed by atoms with E-state index in [9.17, 15) is 4.79 Å². The fraction of sp³-hybridized carbons (Fsp3) is 0.318. The molecule has 2 aromatic carbocycles. The molecule has 0 aliphatic carbocycles. The molecule has 0 bridgehead atoms. The third-order valence-corrected chi connectivity index (χ3v) is 7.24. The molecule has 154 valence electrons. The van der Waals surface area contributed by atoms with Gasteiger partial charge in [-0.05, 0) is 24.3 Å². The zero-order chi connectivity index (χ0) is 20.3. The van der Waals surface area contributed by atoms with Crippen molar-refractivity contribution in [3.8, 4) is 0 Å². The van der Waals surface area contributed by atoms with Gasteiger partial charge >= 0.3 is 0 Å². The van der Waals surface area contributed by atoms with Crippen LogP contribution >= 0.6 is 22.7 Å². The molecule has 1 saturated heterocycles. The van der Waals surface area contributed by atoms with E-state index in [2.05, 4.69) is 28.1 Å². The minimum atomic E-state index is 0.0516. The Morgan fingerprint density at radius 3 is 2.13 bits per heavy atom. The highest BCUT2D eigenvalue weighted by atomic mass is 32.1. The largest absolute Gasteiger partial charge is 0.364 e. The number of para-hydroxylation sites is 2. The molecule has 4 aromatic rings. The average molecular weight is 439 g/mol. The number of carbonyl (C=O) groups excluding carboxylic acids is 1. The molecule has 5 rings (SSSR count). The number of aromatic nitrogens is 2. The Hall–Kier alpha value is -2.39. The lowest BCUT2D eigenvalue weighted by Gasteiger charge is -2.34. The number of ether oxygens (including phenoxy) is 1. The van der Waals surface area contributed by atoms with Gasteiger partial charge in [-0.1, -0.05) is 24.3 Å². The molecule has 1 amide bonds. The lowest BCUT2D eigenvalue weighted by atomic mass is 10.3. The number of carbonyl (C=O) groups is 1. The van der Waals surface area contributed by atoms with Gasteiger partial charge in [0.15, 0.2) is 0 Å². The molecule has 0 atom stereocenters. The van der Waals surface area contributed by atoms with Crippen molar-refractivity contribution >= 4 is 49.0 Å². The van der Waals surface area contributed by atoms with Gasteiger partial charge in [0, 0.05) is 26.2 Å². The third-order valence-electron chi connectivity index (χ3n) is 5.21. The highest BCUT2D eigenvalue weighted by molar-refractivity contribution is 7.18. The van der Waals surface area contributed by atoms with Crippen LogP contribution in [0.2, 0.25) is 0 Å². The molecule has 1 fully saturated rings. The Morgan fingerprint density at radius 1 is 0.867 bits per heavy atom. The number of amides is 1. The van der Waals surface area contributed by atoms with Crippen LogP contribution in [-0.2, 0) is 22.7 Å². The monoisotopic (exact) mass is 438 g/mol. The molecule has 1 aliphatic heterocycles. The molecule has 6 nitrogen and oxygen atoms in total. The van der Waals surface area contributed by atoms with Crippen LogP contribution in [0.1, 0.15) is 10.0 Å². The standard InChI is InChI=1S/C22H22N4O2S2/c27-22(15-28-14-21-24-17-6-2-4-8-19(17)30-21)26-11-9-25(10-12-26)13-20-23-16-5-1-3-7-18(16)29-20/h1-8H,9-15H2. The molecule has 0 radical (unpaired) electrons. The van der Waals surface area contributed by atoms with Gasteiger partial charge in [-0.25, -0.2) is 9.97 Å². The Morgan fingerprint density at radius 2 is 1.47 bits per heavy atom. The predicted octanol–water partition coefficient (Wildman–Crippen LogP) is 3.77. The molecular formula is C22H22N4O2S2. The van der Waals surface area contributed by atoms with Crippen LogP contribution < -0.4 is 0 Å². The van der Waals surface area contributed by atoms with Crippen molar-refractivity contribution in [3.05, 3.63) is 58.5 Å². The fourth-order valence-electron chi connectivity index (χ4n) is 3.63. The second-order valence-electron chi connectivity index (χ2n) is 7.30. The molecule has 8 heteroatoms. The van der Waals surface area contributed by atoms with E-state index in [-0.39, 0.29) is 12.5 Å². The first kappa shape index (κ1) is 19.6. The summed E-state index contributed by atoms with van der Waals surface area (Å²) in [6, 6.07) is 16.3. The molecule has 1 aliphatic rings. The highest BCUT2D eigenvalue weighted by Crippen LogP contribution is 2.23. The summed E-state index contributed by atoms with van der Waals surface area (Å²) in [6.07, 6.45) is 0. The second-order valence-corrected chi connectivity index (χ2v) is 9.53. The molecule has 0 N–H and O–H groups in total. The van der Waals surface area contributed by atoms with E-state index in [0.717, 1.165) is 58.5 Å². The van der Waals surface area contributed by atoms with E-state index in [0.29, 0.717) is 6.61 Å². The van der Waals surface area contributed by atoms with Gasteiger partial charge in [0.2, 0.25) is 5.91 Å². The molecule has 0 saturated carbocycles. The van der Waals surface area contributed by atoms with Crippen LogP contribution in [0, 0.1) is 0 Å². The van der Waals surface area contributed by atoms with Crippen molar-refractivity contribution in [1.29, 1.82) is 0 Å². The van der Waals surface area contributed by atoms with Crippen LogP contribution in [0.4, 0.5) is 0 Å². The maximum Gasteiger partial charge on any atom is 0.248 e. The number of piperazine rings is 1. The number of fused-ring (bicyclic) bond motifs is 2. The van der Waals surface area contributed by atoms with Crippen molar-refractivity contribution < 1.29 is 9.53 Å². The van der Waals surface area contributed by atoms with Gasteiger partial charge in [-0.15, -0.1) is 22.7 Å². The summed E-state index contributed by atoms with van der Waals surface area (Å²) in [5.74, 6) is 0.0516. The van der Waals surface area contributed by atoms with Crippen molar-refractivity contribution in [3.63, 3.8) is 0 Å². The van der Waals surface area contributed by atoms with Gasteiger partial charge in [-0.3, -0.25) is 9.69 Å². The minimum absolute atomic E-state index is 0.0516. The smallest absolute Gasteiger partial charge is 0.248 e. The number of thiazole rings is 2. The van der Waals surface area contributed by atoms with Crippen molar-refractivity contribution in [2.75, 3.05) is 32.8 Å². The van der Waals surface area contributed by atoms with Crippen LogP contribution in [0.3, 0.4) is 0 Å². The predicted molar refractivity (Wildman–Crippen MR) is 121 cm³/mol. The molecular weight excluding hydrogens is 416 g/mol. The van der Waals surface area contributed by atoms with Crippen molar-refractivity contribution in [1.82, 2.24) is 19.8 Å². The maximum absolute atomic E-state index is 12.5. The Labute approximate surface area is 182 Å². The third kappa shape index (κ3) is 4.37. The summed E-state index contributed by atoms with van der Waals surface area (Å²) >= 11 is 3.36. The van der Waals surface area contributed by atoms with Crippen LogP contribution in [0.15, 0.2) is 48.5 Å². The second kappa shape index (κ2) is 8.77. The zero-order valence-corrected chi connectivity index (χ0v) is 18.1. The van der Waals surface area contributed by atoms with E-state index in [1.54, 1.807) is 22.7 Å². The quantitative estimate of drug-likeness (QED) is 0.459. The molecule has 30 heavy (non-hydrogen) atoms. The topological polar surface area (TPSA) is 58.6 Å². The van der Waals surface area contributed by atoms with E-state index < -0.39 is 0 Å². The fourth-order valence-corrected chi connectivity index (χ4v) is 5.55. The normalized spacial score (nSPS) is 15.3. The number of nitrogens with zero attached hydrogens (tertiary/aromatic N) is 4. The SMILES string of the molecule is O=C(COCc1nc2ccccc2s1)N1CCN(Cc2nc3ccccc3s2)CC1.